The number of carbonyl (C=O) groups is 3. The van der Waals surface area contributed by atoms with Crippen LogP contribution in [-0.2, 0) is 19.1 Å². The van der Waals surface area contributed by atoms with Gasteiger partial charge in [0.25, 0.3) is 0 Å². The van der Waals surface area contributed by atoms with Gasteiger partial charge in [-0.2, -0.15) is 0 Å². The van der Waals surface area contributed by atoms with Gasteiger partial charge in [0, 0.05) is 23.7 Å². The monoisotopic (exact) mass is 438 g/mol. The highest BCUT2D eigenvalue weighted by molar-refractivity contribution is 6.01. The van der Waals surface area contributed by atoms with Gasteiger partial charge in [0.2, 0.25) is 5.78 Å². The molecule has 4 aliphatic carbocycles. The Bertz CT molecular complexity index is 914. The molecule has 4 rings (SSSR count). The van der Waals surface area contributed by atoms with Crippen LogP contribution in [0.15, 0.2) is 23.8 Å². The number of aliphatic hydroxyl groups excluding tert-OH is 2. The minimum Gasteiger partial charge on any atom is -0.451 e. The van der Waals surface area contributed by atoms with Crippen LogP contribution in [0.3, 0.4) is 0 Å². The van der Waals surface area contributed by atoms with E-state index in [2.05, 4.69) is 0 Å². The normalized spacial score (nSPS) is 48.4. The number of ketones is 2. The van der Waals surface area contributed by atoms with Crippen LogP contribution >= 0.6 is 0 Å². The van der Waals surface area contributed by atoms with Crippen molar-refractivity contribution in [2.24, 2.45) is 22.7 Å². The number of hydrogen-bond donors (Lipinski definition) is 2. The lowest BCUT2D eigenvalue weighted by molar-refractivity contribution is -0.228. The van der Waals surface area contributed by atoms with Crippen LogP contribution in [0.5, 0.6) is 0 Å². The van der Waals surface area contributed by atoms with Crippen LogP contribution in [0.1, 0.15) is 46.5 Å². The molecule has 0 amide bonds. The minimum absolute atomic E-state index is 0.0251. The van der Waals surface area contributed by atoms with E-state index in [1.807, 2.05) is 0 Å². The first-order valence-corrected chi connectivity index (χ1v) is 10.7. The predicted octanol–water partition coefficient (Wildman–Crippen LogP) is 2.17. The van der Waals surface area contributed by atoms with Crippen molar-refractivity contribution in [3.8, 4) is 0 Å². The lowest BCUT2D eigenvalue weighted by atomic mass is 9.44. The summed E-state index contributed by atoms with van der Waals surface area (Å²) in [6.45, 7) is 3.45. The van der Waals surface area contributed by atoms with E-state index in [1.54, 1.807) is 6.92 Å². The Morgan fingerprint density at radius 3 is 2.58 bits per heavy atom. The molecule has 3 saturated carbocycles. The van der Waals surface area contributed by atoms with E-state index in [0.717, 1.165) is 13.0 Å². The second-order valence-corrected chi connectivity index (χ2v) is 9.90. The Morgan fingerprint density at radius 2 is 1.97 bits per heavy atom. The summed E-state index contributed by atoms with van der Waals surface area (Å²) >= 11 is 0. The minimum atomic E-state index is -2.27. The number of halogens is 2. The fourth-order valence-corrected chi connectivity index (χ4v) is 7.25. The maximum absolute atomic E-state index is 17.0. The summed E-state index contributed by atoms with van der Waals surface area (Å²) in [4.78, 5) is 36.6. The Balaban J connectivity index is 1.85. The molecule has 3 fully saturated rings. The molecular formula is C23H28F2O6. The van der Waals surface area contributed by atoms with Gasteiger partial charge in [-0.1, -0.05) is 13.0 Å². The zero-order valence-corrected chi connectivity index (χ0v) is 17.9. The maximum atomic E-state index is 17.0. The average molecular weight is 438 g/mol. The van der Waals surface area contributed by atoms with Crippen molar-refractivity contribution >= 4 is 17.5 Å². The summed E-state index contributed by atoms with van der Waals surface area (Å²) < 4.78 is 37.8. The summed E-state index contributed by atoms with van der Waals surface area (Å²) in [7, 11) is 0. The summed E-state index contributed by atoms with van der Waals surface area (Å²) in [5.74, 6) is -3.38. The van der Waals surface area contributed by atoms with Crippen LogP contribution in [0, 0.1) is 22.7 Å². The fourth-order valence-electron chi connectivity index (χ4n) is 7.25. The molecule has 0 aromatic carbocycles. The molecule has 0 aromatic heterocycles. The van der Waals surface area contributed by atoms with E-state index in [0.29, 0.717) is 0 Å². The van der Waals surface area contributed by atoms with Gasteiger partial charge >= 0.3 is 5.97 Å². The lowest BCUT2D eigenvalue weighted by Gasteiger charge is -2.63. The van der Waals surface area contributed by atoms with E-state index >= 15 is 8.78 Å². The average Bonchev–Trinajstić information content (AvgIpc) is 2.97. The summed E-state index contributed by atoms with van der Waals surface area (Å²) in [6.07, 6.45) is 0.383. The molecule has 8 heteroatoms. The van der Waals surface area contributed by atoms with Crippen molar-refractivity contribution in [3.05, 3.63) is 23.8 Å². The van der Waals surface area contributed by atoms with Crippen LogP contribution < -0.4 is 0 Å². The molecule has 0 spiro atoms. The zero-order valence-electron chi connectivity index (χ0n) is 17.9. The number of carbonyl (C=O) groups excluding carboxylic acids is 3. The molecule has 0 heterocycles. The number of esters is 1. The number of rotatable bonds is 3. The summed E-state index contributed by atoms with van der Waals surface area (Å²) in [5, 5.41) is 20.8. The first kappa shape index (κ1) is 22.3. The highest BCUT2D eigenvalue weighted by atomic mass is 19.1. The van der Waals surface area contributed by atoms with Crippen molar-refractivity contribution in [1.82, 2.24) is 0 Å². The summed E-state index contributed by atoms with van der Waals surface area (Å²) in [6, 6.07) is 0. The van der Waals surface area contributed by atoms with Crippen molar-refractivity contribution < 1.29 is 38.1 Å². The SMILES string of the molecule is CC(=O)O[C@]1(C(=O)CO)CCC2C3CC(F)C4=CC(=O)C=C[C@]4(C)[C@@]3(F)C(O)C[C@@]21C. The van der Waals surface area contributed by atoms with Gasteiger partial charge in [0.1, 0.15) is 12.8 Å². The third kappa shape index (κ3) is 2.58. The van der Waals surface area contributed by atoms with Gasteiger partial charge in [-0.05, 0) is 56.3 Å². The van der Waals surface area contributed by atoms with E-state index in [4.69, 9.17) is 4.74 Å². The fraction of sp³-hybridized carbons (Fsp3) is 0.696. The standard InChI is InChI=1S/C23H28F2O6/c1-12(27)31-22(19(30)11-26)7-5-14-15-9-17(24)16-8-13(28)4-6-20(16,2)23(15,25)18(29)10-21(14,22)3/h4,6,8,14-15,17-18,26,29H,5,7,9-11H2,1-3H3/t14?,15?,17?,18?,20-,21-,22-,23-/m0/s1. The Labute approximate surface area is 179 Å². The molecule has 170 valence electrons. The zero-order chi connectivity index (χ0) is 23.0. The molecule has 6 nitrogen and oxygen atoms in total. The van der Waals surface area contributed by atoms with Gasteiger partial charge in [0.05, 0.1) is 6.10 Å². The smallest absolute Gasteiger partial charge is 0.303 e. The van der Waals surface area contributed by atoms with Gasteiger partial charge in [-0.3, -0.25) is 14.4 Å². The molecule has 0 aromatic rings. The molecule has 0 bridgehead atoms. The number of hydrogen-bond acceptors (Lipinski definition) is 6. The second kappa shape index (κ2) is 6.78. The molecular weight excluding hydrogens is 410 g/mol. The van der Waals surface area contributed by atoms with Gasteiger partial charge in [-0.25, -0.2) is 8.78 Å². The summed E-state index contributed by atoms with van der Waals surface area (Å²) in [5.41, 5.74) is -6.64. The molecule has 31 heavy (non-hydrogen) atoms. The Kier molecular flexibility index (Phi) is 4.87. The topological polar surface area (TPSA) is 101 Å². The molecule has 0 aliphatic heterocycles. The molecule has 4 aliphatic rings. The third-order valence-corrected chi connectivity index (χ3v) is 8.66. The van der Waals surface area contributed by atoms with Crippen LogP contribution in [0.25, 0.3) is 0 Å². The molecule has 0 saturated heterocycles. The number of alkyl halides is 2. The predicted molar refractivity (Wildman–Crippen MR) is 105 cm³/mol. The maximum Gasteiger partial charge on any atom is 0.303 e. The first-order chi connectivity index (χ1) is 14.4. The Morgan fingerprint density at radius 1 is 1.29 bits per heavy atom. The Hall–Kier alpha value is -1.93. The second-order valence-electron chi connectivity index (χ2n) is 9.90. The lowest BCUT2D eigenvalue weighted by Crippen LogP contribution is -2.70. The van der Waals surface area contributed by atoms with Crippen LogP contribution in [0.4, 0.5) is 8.78 Å². The number of allylic oxidation sites excluding steroid dienone is 4. The molecule has 4 unspecified atom stereocenters. The van der Waals surface area contributed by atoms with E-state index in [-0.39, 0.29) is 31.3 Å². The number of Topliss-reactive ketones (excluding diaryl/α,β-unsaturated/α-hetero) is 1. The van der Waals surface area contributed by atoms with Crippen molar-refractivity contribution in [2.45, 2.75) is 70.0 Å². The molecule has 8 atom stereocenters. The van der Waals surface area contributed by atoms with E-state index in [9.17, 15) is 24.6 Å². The van der Waals surface area contributed by atoms with E-state index < -0.39 is 70.4 Å². The number of ether oxygens (including phenoxy) is 1. The van der Waals surface area contributed by atoms with Crippen molar-refractivity contribution in [3.63, 3.8) is 0 Å². The van der Waals surface area contributed by atoms with Gasteiger partial charge in [-0.15, -0.1) is 0 Å². The van der Waals surface area contributed by atoms with Crippen molar-refractivity contribution in [2.75, 3.05) is 6.61 Å². The quantitative estimate of drug-likeness (QED) is 0.655. The van der Waals surface area contributed by atoms with Gasteiger partial charge < -0.3 is 14.9 Å². The molecule has 2 N–H and O–H groups in total. The van der Waals surface area contributed by atoms with Crippen molar-refractivity contribution in [1.29, 1.82) is 0 Å². The molecule has 0 radical (unpaired) electrons. The highest BCUT2D eigenvalue weighted by Crippen LogP contribution is 2.70. The van der Waals surface area contributed by atoms with Crippen LogP contribution in [0.2, 0.25) is 0 Å². The largest absolute Gasteiger partial charge is 0.451 e. The number of aliphatic hydroxyl groups is 2. The van der Waals surface area contributed by atoms with E-state index in [1.165, 1.54) is 19.1 Å². The highest BCUT2D eigenvalue weighted by Gasteiger charge is 2.76. The van der Waals surface area contributed by atoms with Crippen LogP contribution in [-0.4, -0.2) is 57.9 Å². The van der Waals surface area contributed by atoms with Gasteiger partial charge in [0.15, 0.2) is 17.1 Å². The third-order valence-electron chi connectivity index (χ3n) is 8.66. The first-order valence-electron chi connectivity index (χ1n) is 10.7. The number of fused-ring (bicyclic) bond motifs is 5.